The molecule has 0 saturated carbocycles. The Hall–Kier alpha value is -1.88. The van der Waals surface area contributed by atoms with Gasteiger partial charge in [-0.2, -0.15) is 0 Å². The van der Waals surface area contributed by atoms with Crippen molar-refractivity contribution in [3.05, 3.63) is 70.7 Å². The van der Waals surface area contributed by atoms with Crippen molar-refractivity contribution in [2.24, 2.45) is 5.41 Å². The topological polar surface area (TPSA) is 32.8 Å². The van der Waals surface area contributed by atoms with Crippen molar-refractivity contribution in [2.45, 2.75) is 25.3 Å². The van der Waals surface area contributed by atoms with Gasteiger partial charge < -0.3 is 9.64 Å². The van der Waals surface area contributed by atoms with E-state index < -0.39 is 0 Å². The van der Waals surface area contributed by atoms with Gasteiger partial charge >= 0.3 is 0 Å². The fraction of sp³-hybridized carbons (Fsp3) is 0.458. The van der Waals surface area contributed by atoms with Gasteiger partial charge in [0.2, 0.25) is 5.91 Å². The molecule has 2 fully saturated rings. The molecular weight excluding hydrogens is 384 g/mol. The molecule has 0 aliphatic carbocycles. The van der Waals surface area contributed by atoms with Crippen molar-refractivity contribution in [3.8, 4) is 0 Å². The van der Waals surface area contributed by atoms with Crippen LogP contribution in [0, 0.1) is 5.41 Å². The van der Waals surface area contributed by atoms with Crippen molar-refractivity contribution in [1.29, 1.82) is 0 Å². The standard InChI is InChI=1S/C24H29ClN2O2/c1-29-17-23(28)27-13-11-24(12-14-27)18-26(15-19-7-9-21(25)10-8-19)16-22(24)20-5-3-2-4-6-20/h2-10,22H,11-18H2,1H3. The summed E-state index contributed by atoms with van der Waals surface area (Å²) in [5.74, 6) is 0.602. The zero-order valence-corrected chi connectivity index (χ0v) is 17.8. The Balaban J connectivity index is 1.52. The Bertz CT molecular complexity index is 817. The zero-order chi connectivity index (χ0) is 20.3. The van der Waals surface area contributed by atoms with Gasteiger partial charge in [0.05, 0.1) is 0 Å². The monoisotopic (exact) mass is 412 g/mol. The number of benzene rings is 2. The zero-order valence-electron chi connectivity index (χ0n) is 17.0. The summed E-state index contributed by atoms with van der Waals surface area (Å²) in [7, 11) is 1.58. The van der Waals surface area contributed by atoms with E-state index >= 15 is 0 Å². The van der Waals surface area contributed by atoms with Gasteiger partial charge in [0.25, 0.3) is 0 Å². The van der Waals surface area contributed by atoms with Gasteiger partial charge in [0.15, 0.2) is 0 Å². The summed E-state index contributed by atoms with van der Waals surface area (Å²) < 4.78 is 5.05. The molecule has 0 aromatic heterocycles. The number of halogens is 1. The first kappa shape index (κ1) is 20.4. The molecule has 5 heteroatoms. The summed E-state index contributed by atoms with van der Waals surface area (Å²) in [6.45, 7) is 4.88. The Kier molecular flexibility index (Phi) is 6.23. The lowest BCUT2D eigenvalue weighted by Gasteiger charge is -2.43. The molecule has 154 valence electrons. The number of methoxy groups -OCH3 is 1. The molecule has 1 atom stereocenters. The molecule has 2 aromatic rings. The van der Waals surface area contributed by atoms with Crippen molar-refractivity contribution >= 4 is 17.5 Å². The van der Waals surface area contributed by atoms with Gasteiger partial charge in [-0.3, -0.25) is 9.69 Å². The molecule has 4 nitrogen and oxygen atoms in total. The molecule has 29 heavy (non-hydrogen) atoms. The Morgan fingerprint density at radius 3 is 2.45 bits per heavy atom. The molecule has 1 amide bonds. The number of nitrogens with zero attached hydrogens (tertiary/aromatic N) is 2. The SMILES string of the molecule is COCC(=O)N1CCC2(CC1)CN(Cc1ccc(Cl)cc1)CC2c1ccccc1. The molecule has 2 aliphatic rings. The van der Waals surface area contributed by atoms with E-state index in [1.165, 1.54) is 11.1 Å². The van der Waals surface area contributed by atoms with Crippen LogP contribution >= 0.6 is 11.6 Å². The van der Waals surface area contributed by atoms with E-state index in [9.17, 15) is 4.79 Å². The smallest absolute Gasteiger partial charge is 0.248 e. The van der Waals surface area contributed by atoms with E-state index in [4.69, 9.17) is 16.3 Å². The van der Waals surface area contributed by atoms with Crippen LogP contribution in [0.2, 0.25) is 5.02 Å². The van der Waals surface area contributed by atoms with Crippen LogP contribution < -0.4 is 0 Å². The van der Waals surface area contributed by atoms with Crippen LogP contribution in [0.3, 0.4) is 0 Å². The predicted octanol–water partition coefficient (Wildman–Crippen LogP) is 4.19. The maximum atomic E-state index is 12.3. The second-order valence-electron chi connectivity index (χ2n) is 8.44. The molecular formula is C24H29ClN2O2. The van der Waals surface area contributed by atoms with Crippen LogP contribution in [0.15, 0.2) is 54.6 Å². The number of hydrogen-bond acceptors (Lipinski definition) is 3. The van der Waals surface area contributed by atoms with Crippen LogP contribution in [0.25, 0.3) is 0 Å². The minimum Gasteiger partial charge on any atom is -0.375 e. The number of likely N-dealkylation sites (tertiary alicyclic amines) is 2. The third kappa shape index (κ3) is 4.50. The highest BCUT2D eigenvalue weighted by atomic mass is 35.5. The van der Waals surface area contributed by atoms with E-state index in [1.54, 1.807) is 7.11 Å². The summed E-state index contributed by atoms with van der Waals surface area (Å²) in [6, 6.07) is 19.1. The van der Waals surface area contributed by atoms with Crippen LogP contribution in [0.5, 0.6) is 0 Å². The molecule has 2 saturated heterocycles. The first-order valence-electron chi connectivity index (χ1n) is 10.4. The van der Waals surface area contributed by atoms with Crippen LogP contribution in [0.1, 0.15) is 29.9 Å². The van der Waals surface area contributed by atoms with Crippen LogP contribution in [-0.2, 0) is 16.1 Å². The minimum atomic E-state index is 0.106. The first-order chi connectivity index (χ1) is 14.1. The lowest BCUT2D eigenvalue weighted by Crippen LogP contribution is -2.47. The maximum absolute atomic E-state index is 12.3. The first-order valence-corrected chi connectivity index (χ1v) is 10.8. The third-order valence-electron chi connectivity index (χ3n) is 6.62. The van der Waals surface area contributed by atoms with Gasteiger partial charge in [-0.05, 0) is 41.5 Å². The normalized spacial score (nSPS) is 21.6. The minimum absolute atomic E-state index is 0.106. The van der Waals surface area contributed by atoms with Crippen LogP contribution in [-0.4, -0.2) is 55.6 Å². The highest BCUT2D eigenvalue weighted by molar-refractivity contribution is 6.30. The van der Waals surface area contributed by atoms with Gasteiger partial charge in [-0.1, -0.05) is 54.1 Å². The van der Waals surface area contributed by atoms with Crippen molar-refractivity contribution in [1.82, 2.24) is 9.80 Å². The van der Waals surface area contributed by atoms with Gasteiger partial charge in [-0.15, -0.1) is 0 Å². The lowest BCUT2D eigenvalue weighted by atomic mass is 9.68. The summed E-state index contributed by atoms with van der Waals surface area (Å²) in [4.78, 5) is 16.8. The Labute approximate surface area is 178 Å². The number of hydrogen-bond donors (Lipinski definition) is 0. The highest BCUT2D eigenvalue weighted by Gasteiger charge is 2.48. The molecule has 4 rings (SSSR count). The van der Waals surface area contributed by atoms with E-state index in [0.29, 0.717) is 5.92 Å². The average Bonchev–Trinajstić information content (AvgIpc) is 3.08. The van der Waals surface area contributed by atoms with E-state index in [1.807, 2.05) is 17.0 Å². The summed E-state index contributed by atoms with van der Waals surface area (Å²) in [5.41, 5.74) is 2.94. The number of ether oxygens (including phenoxy) is 1. The number of amides is 1. The van der Waals surface area contributed by atoms with Gasteiger partial charge in [0.1, 0.15) is 6.61 Å². The molecule has 2 aromatic carbocycles. The molecule has 2 aliphatic heterocycles. The average molecular weight is 413 g/mol. The summed E-state index contributed by atoms with van der Waals surface area (Å²) >= 11 is 6.06. The second kappa shape index (κ2) is 8.86. The van der Waals surface area contributed by atoms with E-state index in [2.05, 4.69) is 47.4 Å². The van der Waals surface area contributed by atoms with E-state index in [0.717, 1.165) is 50.6 Å². The molecule has 0 radical (unpaired) electrons. The van der Waals surface area contributed by atoms with Crippen molar-refractivity contribution < 1.29 is 9.53 Å². The Morgan fingerprint density at radius 1 is 1.10 bits per heavy atom. The second-order valence-corrected chi connectivity index (χ2v) is 8.87. The highest BCUT2D eigenvalue weighted by Crippen LogP contribution is 2.50. The number of carbonyl (C=O) groups excluding carboxylic acids is 1. The quantitative estimate of drug-likeness (QED) is 0.738. The van der Waals surface area contributed by atoms with Gasteiger partial charge in [0, 0.05) is 50.8 Å². The molecule has 1 spiro atoms. The molecule has 2 heterocycles. The largest absolute Gasteiger partial charge is 0.375 e. The van der Waals surface area contributed by atoms with Crippen LogP contribution in [0.4, 0.5) is 0 Å². The lowest BCUT2D eigenvalue weighted by molar-refractivity contribution is -0.137. The van der Waals surface area contributed by atoms with Crippen molar-refractivity contribution in [3.63, 3.8) is 0 Å². The Morgan fingerprint density at radius 2 is 1.79 bits per heavy atom. The third-order valence-corrected chi connectivity index (χ3v) is 6.87. The van der Waals surface area contributed by atoms with E-state index in [-0.39, 0.29) is 17.9 Å². The number of carbonyl (C=O) groups is 1. The predicted molar refractivity (Wildman–Crippen MR) is 116 cm³/mol. The molecule has 1 unspecified atom stereocenters. The van der Waals surface area contributed by atoms with Gasteiger partial charge in [-0.25, -0.2) is 0 Å². The number of rotatable bonds is 5. The maximum Gasteiger partial charge on any atom is 0.248 e. The fourth-order valence-corrected chi connectivity index (χ4v) is 5.23. The fourth-order valence-electron chi connectivity index (χ4n) is 5.11. The number of piperidine rings is 1. The molecule has 0 N–H and O–H groups in total. The van der Waals surface area contributed by atoms with Crippen molar-refractivity contribution in [2.75, 3.05) is 39.9 Å². The summed E-state index contributed by atoms with van der Waals surface area (Å²) in [6.07, 6.45) is 2.08. The molecule has 0 bridgehead atoms. The summed E-state index contributed by atoms with van der Waals surface area (Å²) in [5, 5.41) is 0.780.